The van der Waals surface area contributed by atoms with E-state index in [1.54, 1.807) is 0 Å². The van der Waals surface area contributed by atoms with E-state index in [1.165, 1.54) is 6.26 Å². The molecule has 0 saturated carbocycles. The van der Waals surface area contributed by atoms with Gasteiger partial charge in [0.1, 0.15) is 9.84 Å². The quantitative estimate of drug-likeness (QED) is 0.767. The minimum absolute atomic E-state index is 0.333. The van der Waals surface area contributed by atoms with E-state index in [1.807, 2.05) is 11.8 Å². The molecule has 1 aliphatic rings. The molecule has 1 aliphatic heterocycles. The van der Waals surface area contributed by atoms with E-state index in [-0.39, 0.29) is 0 Å². The van der Waals surface area contributed by atoms with Crippen LogP contribution in [0.1, 0.15) is 13.3 Å². The van der Waals surface area contributed by atoms with Crippen LogP contribution in [0.25, 0.3) is 0 Å². The van der Waals surface area contributed by atoms with Gasteiger partial charge in [0.2, 0.25) is 0 Å². The van der Waals surface area contributed by atoms with Crippen molar-refractivity contribution in [3.05, 3.63) is 0 Å². The first-order valence-corrected chi connectivity index (χ1v) is 8.23. The Bertz CT molecular complexity index is 264. The fraction of sp³-hybridized carbons (Fsp3) is 1.00. The Labute approximate surface area is 91.0 Å². The fourth-order valence-corrected chi connectivity index (χ4v) is 3.95. The summed E-state index contributed by atoms with van der Waals surface area (Å²) < 4.78 is 22.1. The lowest BCUT2D eigenvalue weighted by Crippen LogP contribution is -2.35. The van der Waals surface area contributed by atoms with Crippen molar-refractivity contribution in [2.24, 2.45) is 5.92 Å². The molecular weight excluding hydrogens is 218 g/mol. The molecule has 0 aromatic heterocycles. The minimum atomic E-state index is -2.79. The summed E-state index contributed by atoms with van der Waals surface area (Å²) in [5, 5.41) is 3.42. The third-order valence-corrected chi connectivity index (χ3v) is 4.76. The molecule has 3 nitrogen and oxygen atoms in total. The molecule has 14 heavy (non-hydrogen) atoms. The molecule has 0 aromatic carbocycles. The Morgan fingerprint density at radius 2 is 2.14 bits per heavy atom. The lowest BCUT2D eigenvalue weighted by molar-refractivity contribution is 0.425. The normalized spacial score (nSPS) is 28.1. The highest BCUT2D eigenvalue weighted by atomic mass is 32.2. The fourth-order valence-electron chi connectivity index (χ4n) is 1.74. The standard InChI is InChI=1S/C9H19NO2S2/c1-3-10-9-7-13-6-8(9)4-5-14(2,11)12/h8-10H,3-7H2,1-2H3. The van der Waals surface area contributed by atoms with Crippen LogP contribution in [0.2, 0.25) is 0 Å². The van der Waals surface area contributed by atoms with Crippen molar-refractivity contribution < 1.29 is 8.42 Å². The lowest BCUT2D eigenvalue weighted by Gasteiger charge is -2.18. The zero-order valence-corrected chi connectivity index (χ0v) is 10.5. The second-order valence-electron chi connectivity index (χ2n) is 3.88. The molecule has 1 saturated heterocycles. The number of sulfone groups is 1. The van der Waals surface area contributed by atoms with E-state index in [2.05, 4.69) is 12.2 Å². The first-order valence-electron chi connectivity index (χ1n) is 5.02. The largest absolute Gasteiger partial charge is 0.313 e. The molecule has 2 atom stereocenters. The molecule has 0 aromatic rings. The van der Waals surface area contributed by atoms with Crippen molar-refractivity contribution in [1.29, 1.82) is 0 Å². The van der Waals surface area contributed by atoms with Gasteiger partial charge in [-0.15, -0.1) is 0 Å². The second-order valence-corrected chi connectivity index (χ2v) is 7.21. The van der Waals surface area contributed by atoms with Crippen LogP contribution < -0.4 is 5.32 Å². The molecule has 1 heterocycles. The molecular formula is C9H19NO2S2. The second kappa shape index (κ2) is 5.37. The van der Waals surface area contributed by atoms with E-state index in [4.69, 9.17) is 0 Å². The number of nitrogens with one attached hydrogen (secondary N) is 1. The van der Waals surface area contributed by atoms with Gasteiger partial charge >= 0.3 is 0 Å². The van der Waals surface area contributed by atoms with Gasteiger partial charge in [-0.2, -0.15) is 11.8 Å². The van der Waals surface area contributed by atoms with Crippen molar-refractivity contribution in [3.63, 3.8) is 0 Å². The Morgan fingerprint density at radius 1 is 1.43 bits per heavy atom. The van der Waals surface area contributed by atoms with Gasteiger partial charge in [0, 0.05) is 18.1 Å². The zero-order chi connectivity index (χ0) is 10.6. The summed E-state index contributed by atoms with van der Waals surface area (Å²) in [5.74, 6) is 3.10. The van der Waals surface area contributed by atoms with Gasteiger partial charge in [0.05, 0.1) is 5.75 Å². The summed E-state index contributed by atoms with van der Waals surface area (Å²) in [5.41, 5.74) is 0. The number of rotatable bonds is 5. The van der Waals surface area contributed by atoms with Crippen LogP contribution in [0.15, 0.2) is 0 Å². The van der Waals surface area contributed by atoms with Gasteiger partial charge in [-0.3, -0.25) is 0 Å². The Kier molecular flexibility index (Phi) is 4.73. The third kappa shape index (κ3) is 4.19. The Morgan fingerprint density at radius 3 is 2.71 bits per heavy atom. The van der Waals surface area contributed by atoms with Crippen molar-refractivity contribution in [2.75, 3.05) is 30.1 Å². The van der Waals surface area contributed by atoms with Gasteiger partial charge < -0.3 is 5.32 Å². The van der Waals surface area contributed by atoms with E-state index < -0.39 is 9.84 Å². The summed E-state index contributed by atoms with van der Waals surface area (Å²) >= 11 is 1.92. The van der Waals surface area contributed by atoms with Crippen molar-refractivity contribution in [3.8, 4) is 0 Å². The van der Waals surface area contributed by atoms with Crippen LogP contribution in [-0.2, 0) is 9.84 Å². The van der Waals surface area contributed by atoms with Crippen LogP contribution in [0.4, 0.5) is 0 Å². The molecule has 0 spiro atoms. The Balaban J connectivity index is 2.36. The third-order valence-electron chi connectivity index (χ3n) is 2.52. The van der Waals surface area contributed by atoms with Gasteiger partial charge in [-0.25, -0.2) is 8.42 Å². The maximum absolute atomic E-state index is 11.0. The summed E-state index contributed by atoms with van der Waals surface area (Å²) in [4.78, 5) is 0. The number of hydrogen-bond acceptors (Lipinski definition) is 4. The summed E-state index contributed by atoms with van der Waals surface area (Å²) in [7, 11) is -2.79. The lowest BCUT2D eigenvalue weighted by atomic mass is 10.0. The molecule has 1 rings (SSSR count). The summed E-state index contributed by atoms with van der Waals surface area (Å²) in [6.07, 6.45) is 2.13. The van der Waals surface area contributed by atoms with Crippen molar-refractivity contribution in [2.45, 2.75) is 19.4 Å². The zero-order valence-electron chi connectivity index (χ0n) is 8.82. The molecule has 1 fully saturated rings. The van der Waals surface area contributed by atoms with E-state index in [0.29, 0.717) is 17.7 Å². The highest BCUT2D eigenvalue weighted by Gasteiger charge is 2.27. The number of hydrogen-bond donors (Lipinski definition) is 1. The molecule has 0 radical (unpaired) electrons. The van der Waals surface area contributed by atoms with E-state index >= 15 is 0 Å². The maximum Gasteiger partial charge on any atom is 0.147 e. The monoisotopic (exact) mass is 237 g/mol. The predicted molar refractivity (Wildman–Crippen MR) is 62.6 cm³/mol. The van der Waals surface area contributed by atoms with Gasteiger partial charge in [-0.1, -0.05) is 6.92 Å². The SMILES string of the molecule is CCNC1CSCC1CCS(C)(=O)=O. The molecule has 0 aliphatic carbocycles. The van der Waals surface area contributed by atoms with Gasteiger partial charge in [0.25, 0.3) is 0 Å². The van der Waals surface area contributed by atoms with Crippen molar-refractivity contribution >= 4 is 21.6 Å². The van der Waals surface area contributed by atoms with Crippen LogP contribution in [0, 0.1) is 5.92 Å². The van der Waals surface area contributed by atoms with E-state index in [9.17, 15) is 8.42 Å². The van der Waals surface area contributed by atoms with Gasteiger partial charge in [-0.05, 0) is 24.6 Å². The average Bonchev–Trinajstić information content (AvgIpc) is 2.48. The van der Waals surface area contributed by atoms with Crippen LogP contribution >= 0.6 is 11.8 Å². The minimum Gasteiger partial charge on any atom is -0.313 e. The first-order chi connectivity index (χ1) is 6.53. The summed E-state index contributed by atoms with van der Waals surface area (Å²) in [6, 6.07) is 0.520. The average molecular weight is 237 g/mol. The maximum atomic E-state index is 11.0. The molecule has 0 bridgehead atoms. The van der Waals surface area contributed by atoms with E-state index in [0.717, 1.165) is 24.5 Å². The smallest absolute Gasteiger partial charge is 0.147 e. The van der Waals surface area contributed by atoms with Crippen molar-refractivity contribution in [1.82, 2.24) is 5.32 Å². The first kappa shape index (κ1) is 12.3. The highest BCUT2D eigenvalue weighted by Crippen LogP contribution is 2.27. The molecule has 5 heteroatoms. The number of thioether (sulfide) groups is 1. The molecule has 1 N–H and O–H groups in total. The highest BCUT2D eigenvalue weighted by molar-refractivity contribution is 7.99. The topological polar surface area (TPSA) is 46.2 Å². The molecule has 2 unspecified atom stereocenters. The molecule has 84 valence electrons. The summed E-state index contributed by atoms with van der Waals surface area (Å²) in [6.45, 7) is 3.07. The van der Waals surface area contributed by atoms with Gasteiger partial charge in [0.15, 0.2) is 0 Å². The Hall–Kier alpha value is 0.260. The van der Waals surface area contributed by atoms with Crippen LogP contribution in [0.3, 0.4) is 0 Å². The molecule has 0 amide bonds. The van der Waals surface area contributed by atoms with Crippen LogP contribution in [0.5, 0.6) is 0 Å². The van der Waals surface area contributed by atoms with Crippen LogP contribution in [-0.4, -0.2) is 44.5 Å². The predicted octanol–water partition coefficient (Wildman–Crippen LogP) is 0.762.